The average molecular weight is 431 g/mol. The fraction of sp³-hybridized carbons (Fsp3) is 0.304. The molecule has 2 N–H and O–H groups in total. The second-order valence-electron chi connectivity index (χ2n) is 7.47. The number of pyridine rings is 1. The molecule has 0 fully saturated rings. The van der Waals surface area contributed by atoms with Gasteiger partial charge in [-0.1, -0.05) is 25.1 Å². The monoisotopic (exact) mass is 431 g/mol. The van der Waals surface area contributed by atoms with Gasteiger partial charge in [-0.25, -0.2) is 0 Å². The Morgan fingerprint density at radius 3 is 2.35 bits per heavy atom. The molecule has 3 rings (SSSR count). The standard InChI is InChI=1S/C23H24F3N3O2/c1-4-19-10-7-17(21(30)28-19)11-27-22(31)20-14(2)12-29(15(20)3)13-16-5-8-18(9-6-16)23(24,25)26/h5-10,12H,4,11,13H2,1-3H3,(H,27,31)(H,28,30). The fourth-order valence-corrected chi connectivity index (χ4v) is 3.48. The van der Waals surface area contributed by atoms with Gasteiger partial charge >= 0.3 is 6.18 Å². The number of aromatic amines is 1. The lowest BCUT2D eigenvalue weighted by molar-refractivity contribution is -0.137. The first-order valence-corrected chi connectivity index (χ1v) is 9.92. The van der Waals surface area contributed by atoms with Gasteiger partial charge in [-0.05, 0) is 49.6 Å². The highest BCUT2D eigenvalue weighted by atomic mass is 19.4. The predicted octanol–water partition coefficient (Wildman–Crippen LogP) is 4.35. The fourth-order valence-electron chi connectivity index (χ4n) is 3.48. The van der Waals surface area contributed by atoms with Gasteiger partial charge in [0.2, 0.25) is 0 Å². The van der Waals surface area contributed by atoms with Gasteiger partial charge in [0.15, 0.2) is 0 Å². The summed E-state index contributed by atoms with van der Waals surface area (Å²) in [5, 5.41) is 2.78. The molecule has 1 amide bonds. The molecule has 5 nitrogen and oxygen atoms in total. The first-order chi connectivity index (χ1) is 14.6. The van der Waals surface area contributed by atoms with E-state index in [1.807, 2.05) is 17.6 Å². The summed E-state index contributed by atoms with van der Waals surface area (Å²) in [7, 11) is 0. The van der Waals surface area contributed by atoms with Crippen molar-refractivity contribution < 1.29 is 18.0 Å². The van der Waals surface area contributed by atoms with Crippen LogP contribution in [0.4, 0.5) is 13.2 Å². The molecule has 0 bridgehead atoms. The van der Waals surface area contributed by atoms with Crippen molar-refractivity contribution in [3.8, 4) is 0 Å². The highest BCUT2D eigenvalue weighted by Crippen LogP contribution is 2.29. The summed E-state index contributed by atoms with van der Waals surface area (Å²) in [5.74, 6) is -0.305. The summed E-state index contributed by atoms with van der Waals surface area (Å²) in [6, 6.07) is 8.49. The maximum absolute atomic E-state index is 12.8. The lowest BCUT2D eigenvalue weighted by Gasteiger charge is -2.10. The molecular formula is C23H24F3N3O2. The molecule has 31 heavy (non-hydrogen) atoms. The number of aryl methyl sites for hydroxylation is 2. The van der Waals surface area contributed by atoms with E-state index in [0.717, 1.165) is 23.4 Å². The Balaban J connectivity index is 1.73. The Bertz CT molecular complexity index is 1140. The number of hydrogen-bond donors (Lipinski definition) is 2. The number of carbonyl (C=O) groups is 1. The van der Waals surface area contributed by atoms with Gasteiger partial charge < -0.3 is 14.9 Å². The molecular weight excluding hydrogens is 407 g/mol. The number of halogens is 3. The van der Waals surface area contributed by atoms with Crippen molar-refractivity contribution in [3.05, 3.63) is 92.2 Å². The maximum Gasteiger partial charge on any atom is 0.416 e. The molecule has 3 aromatic rings. The number of nitrogens with zero attached hydrogens (tertiary/aromatic N) is 1. The molecule has 2 heterocycles. The van der Waals surface area contributed by atoms with Gasteiger partial charge in [-0.2, -0.15) is 13.2 Å². The third kappa shape index (κ3) is 5.07. The van der Waals surface area contributed by atoms with E-state index in [1.54, 1.807) is 26.1 Å². The highest BCUT2D eigenvalue weighted by Gasteiger charge is 2.30. The molecule has 0 saturated heterocycles. The van der Waals surface area contributed by atoms with Crippen LogP contribution in [0.25, 0.3) is 0 Å². The van der Waals surface area contributed by atoms with E-state index in [1.165, 1.54) is 12.1 Å². The van der Waals surface area contributed by atoms with E-state index in [9.17, 15) is 22.8 Å². The Morgan fingerprint density at radius 1 is 1.10 bits per heavy atom. The smallest absolute Gasteiger partial charge is 0.348 e. The van der Waals surface area contributed by atoms with Gasteiger partial charge in [0.1, 0.15) is 0 Å². The Morgan fingerprint density at radius 2 is 1.77 bits per heavy atom. The van der Waals surface area contributed by atoms with Crippen LogP contribution in [0, 0.1) is 13.8 Å². The summed E-state index contributed by atoms with van der Waals surface area (Å²) < 4.78 is 40.1. The van der Waals surface area contributed by atoms with Crippen molar-refractivity contribution in [2.24, 2.45) is 0 Å². The third-order valence-corrected chi connectivity index (χ3v) is 5.27. The summed E-state index contributed by atoms with van der Waals surface area (Å²) in [6.45, 7) is 5.97. The topological polar surface area (TPSA) is 66.9 Å². The molecule has 0 aliphatic heterocycles. The summed E-state index contributed by atoms with van der Waals surface area (Å²) >= 11 is 0. The predicted molar refractivity (Wildman–Crippen MR) is 112 cm³/mol. The number of benzene rings is 1. The SMILES string of the molecule is CCc1ccc(CNC(=O)c2c(C)cn(Cc3ccc(C(F)(F)F)cc3)c2C)c(=O)[nH]1. The molecule has 0 aliphatic rings. The first-order valence-electron chi connectivity index (χ1n) is 9.92. The Labute approximate surface area is 177 Å². The van der Waals surface area contributed by atoms with Crippen molar-refractivity contribution in [3.63, 3.8) is 0 Å². The molecule has 0 aliphatic carbocycles. The zero-order valence-electron chi connectivity index (χ0n) is 17.6. The minimum Gasteiger partial charge on any atom is -0.348 e. The average Bonchev–Trinajstić information content (AvgIpc) is 2.99. The van der Waals surface area contributed by atoms with Crippen molar-refractivity contribution >= 4 is 5.91 Å². The molecule has 0 atom stereocenters. The quantitative estimate of drug-likeness (QED) is 0.609. The van der Waals surface area contributed by atoms with Crippen molar-refractivity contribution in [2.45, 2.75) is 46.5 Å². The maximum atomic E-state index is 12.8. The lowest BCUT2D eigenvalue weighted by Crippen LogP contribution is -2.27. The molecule has 0 unspecified atom stereocenters. The van der Waals surface area contributed by atoms with Crippen LogP contribution in [-0.4, -0.2) is 15.5 Å². The van der Waals surface area contributed by atoms with Crippen LogP contribution >= 0.6 is 0 Å². The van der Waals surface area contributed by atoms with Gasteiger partial charge in [0, 0.05) is 36.2 Å². The van der Waals surface area contributed by atoms with E-state index in [2.05, 4.69) is 10.3 Å². The minimum atomic E-state index is -4.37. The number of aromatic nitrogens is 2. The molecule has 0 saturated carbocycles. The van der Waals surface area contributed by atoms with E-state index < -0.39 is 11.7 Å². The van der Waals surface area contributed by atoms with Gasteiger partial charge in [0.25, 0.3) is 11.5 Å². The Hall–Kier alpha value is -3.29. The number of amides is 1. The van der Waals surface area contributed by atoms with Crippen LogP contribution in [0.15, 0.2) is 47.4 Å². The second kappa shape index (κ2) is 8.83. The van der Waals surface area contributed by atoms with E-state index in [0.29, 0.717) is 35.3 Å². The van der Waals surface area contributed by atoms with Gasteiger partial charge in [-0.3, -0.25) is 9.59 Å². The largest absolute Gasteiger partial charge is 0.416 e. The van der Waals surface area contributed by atoms with Crippen molar-refractivity contribution in [1.29, 1.82) is 0 Å². The number of nitrogens with one attached hydrogen (secondary N) is 2. The summed E-state index contributed by atoms with van der Waals surface area (Å²) in [4.78, 5) is 27.6. The normalized spacial score (nSPS) is 11.5. The van der Waals surface area contributed by atoms with E-state index >= 15 is 0 Å². The van der Waals surface area contributed by atoms with E-state index in [-0.39, 0.29) is 18.0 Å². The van der Waals surface area contributed by atoms with Crippen LogP contribution in [0.5, 0.6) is 0 Å². The zero-order chi connectivity index (χ0) is 22.8. The van der Waals surface area contributed by atoms with Gasteiger partial charge in [-0.15, -0.1) is 0 Å². The number of hydrogen-bond acceptors (Lipinski definition) is 2. The first kappa shape index (κ1) is 22.4. The van der Waals surface area contributed by atoms with Crippen LogP contribution in [0.3, 0.4) is 0 Å². The van der Waals surface area contributed by atoms with Crippen LogP contribution in [0.2, 0.25) is 0 Å². The number of alkyl halides is 3. The molecule has 1 aromatic carbocycles. The highest BCUT2D eigenvalue weighted by molar-refractivity contribution is 5.96. The Kier molecular flexibility index (Phi) is 6.38. The summed E-state index contributed by atoms with van der Waals surface area (Å²) in [5.41, 5.74) is 3.00. The number of carbonyl (C=O) groups excluding carboxylic acids is 1. The minimum absolute atomic E-state index is 0.0983. The number of rotatable bonds is 6. The molecule has 0 radical (unpaired) electrons. The van der Waals surface area contributed by atoms with Crippen LogP contribution in [0.1, 0.15) is 50.9 Å². The molecule has 164 valence electrons. The van der Waals surface area contributed by atoms with Crippen molar-refractivity contribution in [2.75, 3.05) is 0 Å². The number of H-pyrrole nitrogens is 1. The molecule has 0 spiro atoms. The second-order valence-corrected chi connectivity index (χ2v) is 7.47. The van der Waals surface area contributed by atoms with E-state index in [4.69, 9.17) is 0 Å². The summed E-state index contributed by atoms with van der Waals surface area (Å²) in [6.07, 6.45) is -1.86. The molecule has 8 heteroatoms. The third-order valence-electron chi connectivity index (χ3n) is 5.27. The van der Waals surface area contributed by atoms with Crippen LogP contribution in [-0.2, 0) is 25.7 Å². The lowest BCUT2D eigenvalue weighted by atomic mass is 10.1. The molecule has 2 aromatic heterocycles. The zero-order valence-corrected chi connectivity index (χ0v) is 17.6. The van der Waals surface area contributed by atoms with Crippen LogP contribution < -0.4 is 10.9 Å². The van der Waals surface area contributed by atoms with Crippen molar-refractivity contribution in [1.82, 2.24) is 14.9 Å². The van der Waals surface area contributed by atoms with Gasteiger partial charge in [0.05, 0.1) is 11.1 Å².